The summed E-state index contributed by atoms with van der Waals surface area (Å²) in [6, 6.07) is 8.50. The van der Waals surface area contributed by atoms with Crippen LogP contribution in [0.15, 0.2) is 28.7 Å². The number of carbonyl (C=O) groups is 2. The van der Waals surface area contributed by atoms with Gasteiger partial charge in [0.15, 0.2) is 0 Å². The fourth-order valence-corrected chi connectivity index (χ4v) is 3.68. The molecule has 2 amide bonds. The van der Waals surface area contributed by atoms with Gasteiger partial charge >= 0.3 is 0 Å². The van der Waals surface area contributed by atoms with Crippen LogP contribution in [0.3, 0.4) is 0 Å². The first-order valence-electron chi connectivity index (χ1n) is 9.36. The van der Waals surface area contributed by atoms with Crippen molar-refractivity contribution < 1.29 is 9.59 Å². The maximum atomic E-state index is 12.5. The molecule has 1 saturated carbocycles. The summed E-state index contributed by atoms with van der Waals surface area (Å²) in [6.07, 6.45) is 5.59. The van der Waals surface area contributed by atoms with Crippen LogP contribution in [0, 0.1) is 11.8 Å². The smallest absolute Gasteiger partial charge is 0.225 e. The molecule has 1 unspecified atom stereocenters. The molecule has 1 atom stereocenters. The third kappa shape index (κ3) is 5.30. The standard InChI is InChI=1S/C20H27BrN2O2/c1-14(2-3-15-4-8-18(21)9-5-15)22-19(24)16-10-12-23(13-11-16)20(25)17-6-7-17/h4-5,8-9,14,16-17H,2-3,6-7,10-13H2,1H3,(H,22,24). The van der Waals surface area contributed by atoms with E-state index in [9.17, 15) is 9.59 Å². The van der Waals surface area contributed by atoms with Gasteiger partial charge in [-0.05, 0) is 63.1 Å². The van der Waals surface area contributed by atoms with E-state index >= 15 is 0 Å². The third-order valence-electron chi connectivity index (χ3n) is 5.27. The number of hydrogen-bond donors (Lipinski definition) is 1. The van der Waals surface area contributed by atoms with E-state index in [4.69, 9.17) is 0 Å². The zero-order valence-corrected chi connectivity index (χ0v) is 16.4. The summed E-state index contributed by atoms with van der Waals surface area (Å²) in [5, 5.41) is 3.16. The van der Waals surface area contributed by atoms with Gasteiger partial charge in [0, 0.05) is 35.4 Å². The van der Waals surface area contributed by atoms with Gasteiger partial charge in [0.25, 0.3) is 0 Å². The predicted octanol–water partition coefficient (Wildman–Crippen LogP) is 3.54. The fraction of sp³-hybridized carbons (Fsp3) is 0.600. The monoisotopic (exact) mass is 406 g/mol. The second kappa shape index (κ2) is 8.35. The number of amides is 2. The van der Waals surface area contributed by atoms with Crippen molar-refractivity contribution in [3.05, 3.63) is 34.3 Å². The Bertz CT molecular complexity index is 605. The first-order chi connectivity index (χ1) is 12.0. The number of likely N-dealkylation sites (tertiary alicyclic amines) is 1. The molecule has 4 nitrogen and oxygen atoms in total. The van der Waals surface area contributed by atoms with Crippen LogP contribution in [0.2, 0.25) is 0 Å². The first-order valence-corrected chi connectivity index (χ1v) is 10.2. The molecule has 1 aliphatic heterocycles. The number of benzene rings is 1. The summed E-state index contributed by atoms with van der Waals surface area (Å²) in [4.78, 5) is 26.5. The van der Waals surface area contributed by atoms with Gasteiger partial charge in [-0.25, -0.2) is 0 Å². The quantitative estimate of drug-likeness (QED) is 0.785. The topological polar surface area (TPSA) is 49.4 Å². The fourth-order valence-electron chi connectivity index (χ4n) is 3.42. The molecule has 1 aromatic carbocycles. The predicted molar refractivity (Wildman–Crippen MR) is 102 cm³/mol. The van der Waals surface area contributed by atoms with Crippen LogP contribution in [0.4, 0.5) is 0 Å². The molecule has 0 aromatic heterocycles. The molecule has 25 heavy (non-hydrogen) atoms. The van der Waals surface area contributed by atoms with Crippen molar-refractivity contribution in [2.24, 2.45) is 11.8 Å². The van der Waals surface area contributed by atoms with E-state index in [2.05, 4.69) is 52.4 Å². The van der Waals surface area contributed by atoms with E-state index in [1.165, 1.54) is 5.56 Å². The largest absolute Gasteiger partial charge is 0.353 e. The molecular weight excluding hydrogens is 380 g/mol. The van der Waals surface area contributed by atoms with Gasteiger partial charge in [-0.1, -0.05) is 28.1 Å². The molecule has 136 valence electrons. The minimum atomic E-state index is 0.0541. The Labute approximate surface area is 158 Å². The molecule has 0 bridgehead atoms. The van der Waals surface area contributed by atoms with E-state index in [1.54, 1.807) is 0 Å². The molecule has 1 aromatic rings. The van der Waals surface area contributed by atoms with Gasteiger partial charge < -0.3 is 10.2 Å². The summed E-state index contributed by atoms with van der Waals surface area (Å²) in [5.41, 5.74) is 1.29. The van der Waals surface area contributed by atoms with Crippen molar-refractivity contribution >= 4 is 27.7 Å². The van der Waals surface area contributed by atoms with E-state index in [1.807, 2.05) is 4.90 Å². The molecule has 1 saturated heterocycles. The number of hydrogen-bond acceptors (Lipinski definition) is 2. The second-order valence-electron chi connectivity index (χ2n) is 7.45. The Morgan fingerprint density at radius 1 is 1.12 bits per heavy atom. The lowest BCUT2D eigenvalue weighted by atomic mass is 9.95. The van der Waals surface area contributed by atoms with E-state index in [-0.39, 0.29) is 23.8 Å². The highest BCUT2D eigenvalue weighted by Gasteiger charge is 2.36. The van der Waals surface area contributed by atoms with Gasteiger partial charge in [-0.15, -0.1) is 0 Å². The molecule has 2 fully saturated rings. The van der Waals surface area contributed by atoms with Crippen LogP contribution in [-0.4, -0.2) is 35.8 Å². The number of piperidine rings is 1. The SMILES string of the molecule is CC(CCc1ccc(Br)cc1)NC(=O)C1CCN(C(=O)C2CC2)CC1. The minimum Gasteiger partial charge on any atom is -0.353 e. The lowest BCUT2D eigenvalue weighted by molar-refractivity contribution is -0.136. The Morgan fingerprint density at radius 3 is 2.36 bits per heavy atom. The number of rotatable bonds is 6. The van der Waals surface area contributed by atoms with E-state index in [0.29, 0.717) is 5.91 Å². The van der Waals surface area contributed by atoms with Crippen LogP contribution >= 0.6 is 15.9 Å². The molecule has 3 rings (SSSR count). The van der Waals surface area contributed by atoms with Crippen molar-refractivity contribution in [2.75, 3.05) is 13.1 Å². The molecular formula is C20H27BrN2O2. The third-order valence-corrected chi connectivity index (χ3v) is 5.80. The number of nitrogens with zero attached hydrogens (tertiary/aromatic N) is 1. The van der Waals surface area contributed by atoms with Crippen molar-refractivity contribution in [1.82, 2.24) is 10.2 Å². The first kappa shape index (κ1) is 18.4. The lowest BCUT2D eigenvalue weighted by Gasteiger charge is -2.32. The van der Waals surface area contributed by atoms with Gasteiger partial charge in [-0.3, -0.25) is 9.59 Å². The zero-order chi connectivity index (χ0) is 17.8. The normalized spacial score (nSPS) is 19.5. The average molecular weight is 407 g/mol. The van der Waals surface area contributed by atoms with Gasteiger partial charge in [0.05, 0.1) is 0 Å². The van der Waals surface area contributed by atoms with Gasteiger partial charge in [-0.2, -0.15) is 0 Å². The lowest BCUT2D eigenvalue weighted by Crippen LogP contribution is -2.45. The minimum absolute atomic E-state index is 0.0541. The summed E-state index contributed by atoms with van der Waals surface area (Å²) in [7, 11) is 0. The van der Waals surface area contributed by atoms with Crippen LogP contribution in [0.25, 0.3) is 0 Å². The Balaban J connectivity index is 1.38. The molecule has 1 N–H and O–H groups in total. The van der Waals surface area contributed by atoms with Crippen LogP contribution in [0.1, 0.15) is 44.6 Å². The summed E-state index contributed by atoms with van der Waals surface area (Å²) >= 11 is 3.45. The molecule has 1 aliphatic carbocycles. The number of carbonyl (C=O) groups excluding carboxylic acids is 2. The zero-order valence-electron chi connectivity index (χ0n) is 14.8. The van der Waals surface area contributed by atoms with Crippen molar-refractivity contribution in [3.63, 3.8) is 0 Å². The average Bonchev–Trinajstić information content (AvgIpc) is 3.46. The molecule has 1 heterocycles. The Hall–Kier alpha value is -1.36. The van der Waals surface area contributed by atoms with E-state index < -0.39 is 0 Å². The van der Waals surface area contributed by atoms with Gasteiger partial charge in [0.1, 0.15) is 0 Å². The highest BCUT2D eigenvalue weighted by molar-refractivity contribution is 9.10. The molecule has 5 heteroatoms. The molecule has 2 aliphatic rings. The molecule has 0 spiro atoms. The highest BCUT2D eigenvalue weighted by atomic mass is 79.9. The number of aryl methyl sites for hydroxylation is 1. The summed E-state index contributed by atoms with van der Waals surface area (Å²) in [6.45, 7) is 3.55. The van der Waals surface area contributed by atoms with Crippen LogP contribution < -0.4 is 5.32 Å². The van der Waals surface area contributed by atoms with Crippen molar-refractivity contribution in [1.29, 1.82) is 0 Å². The summed E-state index contributed by atoms with van der Waals surface area (Å²) < 4.78 is 1.09. The maximum absolute atomic E-state index is 12.5. The van der Waals surface area contributed by atoms with E-state index in [0.717, 1.165) is 56.1 Å². The van der Waals surface area contributed by atoms with Crippen molar-refractivity contribution in [2.45, 2.75) is 51.5 Å². The Morgan fingerprint density at radius 2 is 1.76 bits per heavy atom. The highest BCUT2D eigenvalue weighted by Crippen LogP contribution is 2.32. The summed E-state index contributed by atoms with van der Waals surface area (Å²) in [5.74, 6) is 0.797. The van der Waals surface area contributed by atoms with Crippen LogP contribution in [-0.2, 0) is 16.0 Å². The Kier molecular flexibility index (Phi) is 6.15. The number of halogens is 1. The molecule has 0 radical (unpaired) electrons. The second-order valence-corrected chi connectivity index (χ2v) is 8.36. The van der Waals surface area contributed by atoms with Crippen molar-refractivity contribution in [3.8, 4) is 0 Å². The van der Waals surface area contributed by atoms with Gasteiger partial charge in [0.2, 0.25) is 11.8 Å². The maximum Gasteiger partial charge on any atom is 0.225 e. The number of nitrogens with one attached hydrogen (secondary N) is 1. The van der Waals surface area contributed by atoms with Crippen LogP contribution in [0.5, 0.6) is 0 Å².